The molecule has 2 heterocycles. The lowest BCUT2D eigenvalue weighted by molar-refractivity contribution is -0.142. The molecule has 16 nitrogen and oxygen atoms in total. The average molecular weight is 957 g/mol. The van der Waals surface area contributed by atoms with Crippen LogP contribution in [0.15, 0.2) is 101 Å². The highest BCUT2D eigenvalue weighted by Gasteiger charge is 2.40. The number of carbonyl (C=O) groups is 3. The minimum Gasteiger partial charge on any atom is -0.498 e. The predicted molar refractivity (Wildman–Crippen MR) is 263 cm³/mol. The van der Waals surface area contributed by atoms with Gasteiger partial charge >= 0.3 is 5.97 Å². The number of unbranched alkanes of at least 4 members (excludes halogenated alkanes) is 1. The van der Waals surface area contributed by atoms with E-state index in [-0.39, 0.29) is 68.6 Å². The molecule has 0 unspecified atom stereocenters. The Hall–Kier alpha value is -5.94. The van der Waals surface area contributed by atoms with Gasteiger partial charge in [-0.3, -0.25) is 19.4 Å². The van der Waals surface area contributed by atoms with Crippen molar-refractivity contribution in [1.82, 2.24) is 15.1 Å². The van der Waals surface area contributed by atoms with Crippen molar-refractivity contribution in [3.8, 4) is 17.2 Å². The summed E-state index contributed by atoms with van der Waals surface area (Å²) >= 11 is 0. The number of carbonyl (C=O) groups excluding carboxylic acids is 3. The molecule has 0 aromatic heterocycles. The normalized spacial score (nSPS) is 19.4. The molecule has 16 heteroatoms. The molecule has 0 bridgehead atoms. The number of benzene rings is 2. The minimum absolute atomic E-state index is 0.00425. The topological polar surface area (TPSA) is 165 Å². The van der Waals surface area contributed by atoms with E-state index < -0.39 is 0 Å². The van der Waals surface area contributed by atoms with E-state index in [1.807, 2.05) is 78.5 Å². The standard InChI is InChI=1S/C53H72N4O12/c1-9-11-12-13-39-27-43(57(34-39)38(4)58)33-55-42-14-15-48(61-6)50(30-42)68-35-40-26-41(29-44(28-40)67-25-24-66-23-22-65-21-20-64-19-17-52(59)63-8)36-69-51-32-46(54-5)45(31-49(51)62-7)53(60)56-18-16-37(3)47(56)10-2/h9-10,13-15,26,28-30,33,43,45-46,54H,1,3,11-12,16-25,27,31-32,34-36H2,2,4-8H3/b39-13-,47-10+,55-33-/t43-,45-,46+/m0/s1. The van der Waals surface area contributed by atoms with E-state index >= 15 is 0 Å². The van der Waals surface area contributed by atoms with Gasteiger partial charge in [0.1, 0.15) is 37.1 Å². The number of aliphatic imine (C=N–C) groups is 1. The van der Waals surface area contributed by atoms with Gasteiger partial charge in [0, 0.05) is 56.9 Å². The van der Waals surface area contributed by atoms with Gasteiger partial charge < -0.3 is 57.7 Å². The van der Waals surface area contributed by atoms with Crippen LogP contribution in [0.1, 0.15) is 69.9 Å². The second kappa shape index (κ2) is 28.5. The van der Waals surface area contributed by atoms with E-state index in [0.717, 1.165) is 48.1 Å². The molecule has 2 aromatic rings. The maximum atomic E-state index is 13.9. The first-order chi connectivity index (χ1) is 33.5. The van der Waals surface area contributed by atoms with Gasteiger partial charge in [0.05, 0.1) is 85.0 Å². The molecule has 1 aliphatic carbocycles. The number of hydrogen-bond donors (Lipinski definition) is 1. The van der Waals surface area contributed by atoms with Crippen molar-refractivity contribution in [3.63, 3.8) is 0 Å². The molecule has 0 spiro atoms. The Morgan fingerprint density at radius 2 is 1.54 bits per heavy atom. The number of rotatable bonds is 28. The molecule has 3 atom stereocenters. The molecule has 69 heavy (non-hydrogen) atoms. The fourth-order valence-corrected chi connectivity index (χ4v) is 8.46. The van der Waals surface area contributed by atoms with Crippen molar-refractivity contribution in [2.24, 2.45) is 10.9 Å². The summed E-state index contributed by atoms with van der Waals surface area (Å²) < 4.78 is 52.0. The zero-order chi connectivity index (χ0) is 49.5. The Kier molecular flexibility index (Phi) is 22.3. The third-order valence-corrected chi connectivity index (χ3v) is 12.1. The highest BCUT2D eigenvalue weighted by atomic mass is 16.6. The Morgan fingerprint density at radius 3 is 2.19 bits per heavy atom. The smallest absolute Gasteiger partial charge is 0.307 e. The summed E-state index contributed by atoms with van der Waals surface area (Å²) in [6.45, 7) is 15.4. The van der Waals surface area contributed by atoms with E-state index in [0.29, 0.717) is 93.4 Å². The lowest BCUT2D eigenvalue weighted by Crippen LogP contribution is -2.46. The van der Waals surface area contributed by atoms with Gasteiger partial charge in [0.15, 0.2) is 11.5 Å². The number of methoxy groups -OCH3 is 3. The molecule has 0 saturated carbocycles. The molecule has 2 amide bonds. The summed E-state index contributed by atoms with van der Waals surface area (Å²) in [5.41, 5.74) is 5.38. The molecule has 376 valence electrons. The third-order valence-electron chi connectivity index (χ3n) is 12.1. The number of likely N-dealkylation sites (tertiary alicyclic amines) is 2. The number of amides is 2. The fourth-order valence-electron chi connectivity index (χ4n) is 8.46. The highest BCUT2D eigenvalue weighted by molar-refractivity contribution is 5.84. The highest BCUT2D eigenvalue weighted by Crippen LogP contribution is 2.37. The molecule has 2 aromatic carbocycles. The SMILES string of the molecule is C=CCC/C=C1/C[C@@H](/C=N\c2ccc(OC)c(OCc3cc(COC4=C(OC)C[C@H](C(=O)N5CCC(=C)/C5=C\C)[C@H](NC)C4)cc(OCCOCCOCCOCCC(=O)OC)c3)c2)N(C(C)=O)C1. The molecular weight excluding hydrogens is 885 g/mol. The van der Waals surface area contributed by atoms with Crippen LogP contribution in [0, 0.1) is 5.92 Å². The average Bonchev–Trinajstić information content (AvgIpc) is 3.96. The summed E-state index contributed by atoms with van der Waals surface area (Å²) in [4.78, 5) is 46.1. The zero-order valence-corrected chi connectivity index (χ0v) is 41.4. The zero-order valence-electron chi connectivity index (χ0n) is 41.4. The lowest BCUT2D eigenvalue weighted by Gasteiger charge is -2.35. The quantitative estimate of drug-likeness (QED) is 0.0385. The molecule has 2 fully saturated rings. The van der Waals surface area contributed by atoms with E-state index in [9.17, 15) is 14.4 Å². The largest absolute Gasteiger partial charge is 0.498 e. The van der Waals surface area contributed by atoms with Crippen molar-refractivity contribution in [2.75, 3.05) is 87.7 Å². The van der Waals surface area contributed by atoms with Gasteiger partial charge in [-0.2, -0.15) is 0 Å². The Balaban J connectivity index is 1.26. The summed E-state index contributed by atoms with van der Waals surface area (Å²) in [6.07, 6.45) is 12.2. The van der Waals surface area contributed by atoms with E-state index in [4.69, 9.17) is 42.9 Å². The molecule has 3 aliphatic rings. The Morgan fingerprint density at radius 1 is 0.826 bits per heavy atom. The number of ether oxygens (including phenoxy) is 9. The molecule has 5 rings (SSSR count). The maximum absolute atomic E-state index is 13.9. The summed E-state index contributed by atoms with van der Waals surface area (Å²) in [5.74, 6) is 2.35. The van der Waals surface area contributed by atoms with E-state index in [2.05, 4.69) is 29.3 Å². The van der Waals surface area contributed by atoms with Crippen LogP contribution >= 0.6 is 0 Å². The Labute approximate surface area is 407 Å². The molecule has 2 aliphatic heterocycles. The van der Waals surface area contributed by atoms with Crippen LogP contribution in [0.5, 0.6) is 17.2 Å². The van der Waals surface area contributed by atoms with Crippen molar-refractivity contribution in [2.45, 2.75) is 84.1 Å². The third kappa shape index (κ3) is 16.3. The van der Waals surface area contributed by atoms with Gasteiger partial charge in [-0.1, -0.05) is 30.4 Å². The minimum atomic E-state index is -0.340. The predicted octanol–water partition coefficient (Wildman–Crippen LogP) is 7.55. The van der Waals surface area contributed by atoms with Crippen molar-refractivity contribution < 1.29 is 57.0 Å². The van der Waals surface area contributed by atoms with Gasteiger partial charge in [-0.15, -0.1) is 6.58 Å². The first-order valence-corrected chi connectivity index (χ1v) is 23.7. The monoisotopic (exact) mass is 957 g/mol. The number of esters is 1. The Bertz CT molecular complexity index is 2180. The van der Waals surface area contributed by atoms with Gasteiger partial charge in [0.2, 0.25) is 11.8 Å². The second-order valence-electron chi connectivity index (χ2n) is 16.8. The number of allylic oxidation sites excluding steroid dienone is 5. The number of hydrogen-bond acceptors (Lipinski definition) is 14. The van der Waals surface area contributed by atoms with E-state index in [1.54, 1.807) is 21.1 Å². The molecule has 2 saturated heterocycles. The van der Waals surface area contributed by atoms with Crippen LogP contribution in [0.2, 0.25) is 0 Å². The van der Waals surface area contributed by atoms with Crippen molar-refractivity contribution in [3.05, 3.63) is 107 Å². The van der Waals surface area contributed by atoms with Gasteiger partial charge in [0.25, 0.3) is 0 Å². The molecular formula is C53H72N4O12. The second-order valence-corrected chi connectivity index (χ2v) is 16.8. The lowest BCUT2D eigenvalue weighted by atomic mass is 9.85. The first-order valence-electron chi connectivity index (χ1n) is 23.7. The molecule has 0 radical (unpaired) electrons. The number of nitrogens with one attached hydrogen (secondary N) is 1. The molecule has 1 N–H and O–H groups in total. The summed E-state index contributed by atoms with van der Waals surface area (Å²) in [6, 6.07) is 11.0. The van der Waals surface area contributed by atoms with Crippen LogP contribution in [-0.4, -0.2) is 134 Å². The maximum Gasteiger partial charge on any atom is 0.307 e. The van der Waals surface area contributed by atoms with Crippen LogP contribution < -0.4 is 19.5 Å². The van der Waals surface area contributed by atoms with Crippen molar-refractivity contribution in [1.29, 1.82) is 0 Å². The van der Waals surface area contributed by atoms with Gasteiger partial charge in [-0.25, -0.2) is 0 Å². The summed E-state index contributed by atoms with van der Waals surface area (Å²) in [7, 11) is 6.41. The van der Waals surface area contributed by atoms with Crippen LogP contribution in [-0.2, 0) is 56.0 Å². The fraction of sp³-hybridized carbons (Fsp3) is 0.509. The van der Waals surface area contributed by atoms with Gasteiger partial charge in [-0.05, 0) is 86.7 Å². The van der Waals surface area contributed by atoms with Crippen LogP contribution in [0.4, 0.5) is 5.69 Å². The van der Waals surface area contributed by atoms with E-state index in [1.165, 1.54) is 12.7 Å². The van der Waals surface area contributed by atoms with Crippen molar-refractivity contribution >= 4 is 29.7 Å². The number of nitrogens with zero attached hydrogens (tertiary/aromatic N) is 3. The van der Waals surface area contributed by atoms with Crippen LogP contribution in [0.25, 0.3) is 0 Å². The van der Waals surface area contributed by atoms with Crippen LogP contribution in [0.3, 0.4) is 0 Å². The summed E-state index contributed by atoms with van der Waals surface area (Å²) in [5, 5.41) is 3.36. The first kappa shape index (κ1) is 54.0.